The fourth-order valence-corrected chi connectivity index (χ4v) is 1.14. The Morgan fingerprint density at radius 1 is 1.39 bits per heavy atom. The molecular weight excluding hydrogens is 236 g/mol. The molecule has 0 saturated heterocycles. The van der Waals surface area contributed by atoms with Crippen LogP contribution in [0.4, 0.5) is 0 Å². The SMILES string of the molecule is C=CCCCOC[C@@H](C(=O)O)C(=O)OC(C)(C)C. The summed E-state index contributed by atoms with van der Waals surface area (Å²) >= 11 is 0. The van der Waals surface area contributed by atoms with Crippen molar-refractivity contribution < 1.29 is 24.2 Å². The number of carboxylic acid groups (broad SMARTS) is 1. The maximum Gasteiger partial charge on any atom is 0.323 e. The average molecular weight is 258 g/mol. The fraction of sp³-hybridized carbons (Fsp3) is 0.692. The van der Waals surface area contributed by atoms with E-state index < -0.39 is 23.5 Å². The van der Waals surface area contributed by atoms with Crippen LogP contribution >= 0.6 is 0 Å². The summed E-state index contributed by atoms with van der Waals surface area (Å²) < 4.78 is 10.2. The predicted octanol–water partition coefficient (Wildman–Crippen LogP) is 2.01. The van der Waals surface area contributed by atoms with Gasteiger partial charge in [-0.3, -0.25) is 9.59 Å². The molecule has 0 bridgehead atoms. The van der Waals surface area contributed by atoms with Gasteiger partial charge in [0.2, 0.25) is 0 Å². The molecule has 0 spiro atoms. The van der Waals surface area contributed by atoms with E-state index in [-0.39, 0.29) is 6.61 Å². The summed E-state index contributed by atoms with van der Waals surface area (Å²) in [5.74, 6) is -3.26. The van der Waals surface area contributed by atoms with Gasteiger partial charge in [-0.05, 0) is 33.6 Å². The van der Waals surface area contributed by atoms with Crippen LogP contribution in [0.5, 0.6) is 0 Å². The van der Waals surface area contributed by atoms with Crippen LogP contribution in [0.25, 0.3) is 0 Å². The number of ether oxygens (including phenoxy) is 2. The van der Waals surface area contributed by atoms with Crippen LogP contribution in [0.1, 0.15) is 33.6 Å². The summed E-state index contributed by atoms with van der Waals surface area (Å²) in [7, 11) is 0. The number of carboxylic acids is 1. The molecule has 0 unspecified atom stereocenters. The second kappa shape index (κ2) is 7.87. The molecule has 0 aromatic carbocycles. The van der Waals surface area contributed by atoms with Gasteiger partial charge in [0.1, 0.15) is 5.60 Å². The van der Waals surface area contributed by atoms with Gasteiger partial charge in [-0.2, -0.15) is 0 Å². The smallest absolute Gasteiger partial charge is 0.323 e. The molecule has 0 aliphatic carbocycles. The molecule has 0 radical (unpaired) electrons. The van der Waals surface area contributed by atoms with Gasteiger partial charge >= 0.3 is 11.9 Å². The zero-order valence-electron chi connectivity index (χ0n) is 11.3. The molecule has 1 atom stereocenters. The Kier molecular flexibility index (Phi) is 7.27. The standard InChI is InChI=1S/C13H22O5/c1-5-6-7-8-17-9-10(11(14)15)12(16)18-13(2,3)4/h5,10H,1,6-9H2,2-4H3,(H,14,15)/t10-/m0/s1. The fourth-order valence-electron chi connectivity index (χ4n) is 1.14. The summed E-state index contributed by atoms with van der Waals surface area (Å²) in [5.41, 5.74) is -0.701. The highest BCUT2D eigenvalue weighted by Gasteiger charge is 2.31. The van der Waals surface area contributed by atoms with Crippen molar-refractivity contribution in [2.45, 2.75) is 39.2 Å². The van der Waals surface area contributed by atoms with Gasteiger partial charge in [0.05, 0.1) is 6.61 Å². The second-order valence-corrected chi connectivity index (χ2v) is 4.93. The van der Waals surface area contributed by atoms with Crippen LogP contribution in [0.15, 0.2) is 12.7 Å². The van der Waals surface area contributed by atoms with Crippen molar-refractivity contribution in [1.82, 2.24) is 0 Å². The van der Waals surface area contributed by atoms with E-state index in [0.717, 1.165) is 12.8 Å². The monoisotopic (exact) mass is 258 g/mol. The lowest BCUT2D eigenvalue weighted by atomic mass is 10.1. The summed E-state index contributed by atoms with van der Waals surface area (Å²) in [6.07, 6.45) is 3.31. The molecule has 0 saturated carbocycles. The van der Waals surface area contributed by atoms with Crippen LogP contribution < -0.4 is 0 Å². The maximum absolute atomic E-state index is 11.6. The van der Waals surface area contributed by atoms with Gasteiger partial charge < -0.3 is 14.6 Å². The van der Waals surface area contributed by atoms with Crippen LogP contribution in [-0.4, -0.2) is 35.9 Å². The highest BCUT2D eigenvalue weighted by atomic mass is 16.6. The van der Waals surface area contributed by atoms with E-state index in [1.165, 1.54) is 0 Å². The Morgan fingerprint density at radius 3 is 2.44 bits per heavy atom. The molecule has 5 nitrogen and oxygen atoms in total. The van der Waals surface area contributed by atoms with Crippen LogP contribution in [0.3, 0.4) is 0 Å². The predicted molar refractivity (Wildman–Crippen MR) is 67.2 cm³/mol. The molecule has 18 heavy (non-hydrogen) atoms. The number of aliphatic carboxylic acids is 1. The zero-order chi connectivity index (χ0) is 14.2. The largest absolute Gasteiger partial charge is 0.481 e. The molecule has 1 N–H and O–H groups in total. The van der Waals surface area contributed by atoms with Gasteiger partial charge in [-0.25, -0.2) is 0 Å². The Morgan fingerprint density at radius 2 is 2.00 bits per heavy atom. The first kappa shape index (κ1) is 16.6. The molecule has 104 valence electrons. The quantitative estimate of drug-likeness (QED) is 0.312. The minimum Gasteiger partial charge on any atom is -0.481 e. The van der Waals surface area contributed by atoms with Crippen LogP contribution in [-0.2, 0) is 19.1 Å². The molecule has 5 heteroatoms. The third-order valence-corrected chi connectivity index (χ3v) is 1.97. The Bertz CT molecular complexity index is 290. The van der Waals surface area contributed by atoms with Gasteiger partial charge in [-0.1, -0.05) is 6.08 Å². The van der Waals surface area contributed by atoms with E-state index in [4.69, 9.17) is 14.6 Å². The molecule has 0 aromatic rings. The first-order valence-electron chi connectivity index (χ1n) is 5.92. The average Bonchev–Trinajstić information content (AvgIpc) is 2.19. The number of carbonyl (C=O) groups excluding carboxylic acids is 1. The first-order valence-corrected chi connectivity index (χ1v) is 5.92. The van der Waals surface area contributed by atoms with E-state index in [1.54, 1.807) is 26.8 Å². The number of allylic oxidation sites excluding steroid dienone is 1. The van der Waals surface area contributed by atoms with Gasteiger partial charge in [0.15, 0.2) is 5.92 Å². The lowest BCUT2D eigenvalue weighted by Gasteiger charge is -2.22. The van der Waals surface area contributed by atoms with Gasteiger partial charge in [0, 0.05) is 6.61 Å². The highest BCUT2D eigenvalue weighted by molar-refractivity contribution is 5.94. The Labute approximate surface area is 108 Å². The number of unbranched alkanes of at least 4 members (excludes halogenated alkanes) is 1. The third-order valence-electron chi connectivity index (χ3n) is 1.97. The Hall–Kier alpha value is -1.36. The lowest BCUT2D eigenvalue weighted by Crippen LogP contribution is -2.35. The normalized spacial score (nSPS) is 12.8. The van der Waals surface area contributed by atoms with Gasteiger partial charge in [0.25, 0.3) is 0 Å². The minimum atomic E-state index is -1.27. The number of hydrogen-bond acceptors (Lipinski definition) is 4. The summed E-state index contributed by atoms with van der Waals surface area (Å²) in [6.45, 7) is 8.87. The molecule has 0 rings (SSSR count). The summed E-state index contributed by atoms with van der Waals surface area (Å²) in [6, 6.07) is 0. The Balaban J connectivity index is 4.18. The molecule has 0 aromatic heterocycles. The molecule has 0 amide bonds. The highest BCUT2D eigenvalue weighted by Crippen LogP contribution is 2.12. The molecular formula is C13H22O5. The van der Waals surface area contributed by atoms with Crippen molar-refractivity contribution in [2.24, 2.45) is 5.92 Å². The van der Waals surface area contributed by atoms with E-state index >= 15 is 0 Å². The van der Waals surface area contributed by atoms with E-state index in [9.17, 15) is 9.59 Å². The molecule has 0 heterocycles. The van der Waals surface area contributed by atoms with Crippen molar-refractivity contribution in [3.8, 4) is 0 Å². The lowest BCUT2D eigenvalue weighted by molar-refractivity contribution is -0.169. The van der Waals surface area contributed by atoms with Crippen molar-refractivity contribution in [3.63, 3.8) is 0 Å². The molecule has 0 aliphatic rings. The van der Waals surface area contributed by atoms with Crippen LogP contribution in [0, 0.1) is 5.92 Å². The number of carbonyl (C=O) groups is 2. The third kappa shape index (κ3) is 7.84. The van der Waals surface area contributed by atoms with Crippen molar-refractivity contribution >= 4 is 11.9 Å². The summed E-state index contributed by atoms with van der Waals surface area (Å²) in [4.78, 5) is 22.6. The van der Waals surface area contributed by atoms with Crippen molar-refractivity contribution in [1.29, 1.82) is 0 Å². The van der Waals surface area contributed by atoms with Crippen molar-refractivity contribution in [2.75, 3.05) is 13.2 Å². The first-order chi connectivity index (χ1) is 8.28. The van der Waals surface area contributed by atoms with Crippen molar-refractivity contribution in [3.05, 3.63) is 12.7 Å². The minimum absolute atomic E-state index is 0.165. The van der Waals surface area contributed by atoms with Crippen LogP contribution in [0.2, 0.25) is 0 Å². The molecule has 0 aliphatic heterocycles. The van der Waals surface area contributed by atoms with E-state index in [2.05, 4.69) is 6.58 Å². The number of esters is 1. The topological polar surface area (TPSA) is 72.8 Å². The van der Waals surface area contributed by atoms with Gasteiger partial charge in [-0.15, -0.1) is 6.58 Å². The second-order valence-electron chi connectivity index (χ2n) is 4.93. The molecule has 0 fully saturated rings. The van der Waals surface area contributed by atoms with E-state index in [0.29, 0.717) is 6.61 Å². The number of rotatable bonds is 8. The maximum atomic E-state index is 11.6. The number of hydrogen-bond donors (Lipinski definition) is 1. The zero-order valence-corrected chi connectivity index (χ0v) is 11.3. The van der Waals surface area contributed by atoms with E-state index in [1.807, 2.05) is 0 Å². The summed E-state index contributed by atoms with van der Waals surface area (Å²) in [5, 5.41) is 8.95.